The molecular formula is C47H46Cl2N10O7. The predicted molar refractivity (Wildman–Crippen MR) is 244 cm³/mol. The van der Waals surface area contributed by atoms with Crippen molar-refractivity contribution < 1.29 is 33.5 Å². The van der Waals surface area contributed by atoms with Gasteiger partial charge in [-0.25, -0.2) is 4.98 Å². The Morgan fingerprint density at radius 1 is 0.894 bits per heavy atom. The van der Waals surface area contributed by atoms with E-state index in [1.165, 1.54) is 0 Å². The second-order valence-electron chi connectivity index (χ2n) is 17.9. The van der Waals surface area contributed by atoms with Crippen LogP contribution < -0.4 is 20.3 Å². The molecule has 5 aliphatic rings. The smallest absolute Gasteiger partial charge is 0.262 e. The lowest BCUT2D eigenvalue weighted by Crippen LogP contribution is -2.73. The third-order valence-corrected chi connectivity index (χ3v) is 14.0. The Morgan fingerprint density at radius 3 is 2.38 bits per heavy atom. The number of carbonyl (C=O) groups is 6. The Balaban J connectivity index is 0.647. The minimum absolute atomic E-state index is 0.0394. The minimum atomic E-state index is -1.02. The fourth-order valence-electron chi connectivity index (χ4n) is 9.96. The van der Waals surface area contributed by atoms with Gasteiger partial charge in [0.15, 0.2) is 0 Å². The molecule has 5 aromatic rings. The van der Waals surface area contributed by atoms with Crippen LogP contribution in [-0.2, 0) is 19.2 Å². The number of fused-ring (bicyclic) bond motifs is 2. The van der Waals surface area contributed by atoms with E-state index in [0.29, 0.717) is 72.4 Å². The minimum Gasteiger partial charge on any atom is -0.486 e. The summed E-state index contributed by atoms with van der Waals surface area (Å²) >= 11 is 12.7. The van der Waals surface area contributed by atoms with Crippen LogP contribution in [0.25, 0.3) is 22.2 Å². The number of anilines is 2. The zero-order valence-corrected chi connectivity index (χ0v) is 37.5. The van der Waals surface area contributed by atoms with Crippen molar-refractivity contribution in [2.24, 2.45) is 11.3 Å². The summed E-state index contributed by atoms with van der Waals surface area (Å²) in [6.07, 6.45) is 6.82. The molecule has 6 amide bonds. The zero-order valence-electron chi connectivity index (χ0n) is 36.0. The highest BCUT2D eigenvalue weighted by molar-refractivity contribution is 6.35. The quantitative estimate of drug-likeness (QED) is 0.103. The number of aromatic amines is 1. The Bertz CT molecular complexity index is 2780. The summed E-state index contributed by atoms with van der Waals surface area (Å²) in [7, 11) is 0. The van der Waals surface area contributed by atoms with Gasteiger partial charge in [-0.1, -0.05) is 23.2 Å². The highest BCUT2D eigenvalue weighted by Gasteiger charge is 2.54. The average molecular weight is 934 g/mol. The molecular weight excluding hydrogens is 887 g/mol. The van der Waals surface area contributed by atoms with Crippen LogP contribution in [0, 0.1) is 11.3 Å². The van der Waals surface area contributed by atoms with Gasteiger partial charge < -0.3 is 24.8 Å². The topological polar surface area (TPSA) is 203 Å². The zero-order chi connectivity index (χ0) is 45.9. The number of hydrogen-bond donors (Lipinski definition) is 3. The third-order valence-electron chi connectivity index (χ3n) is 13.4. The van der Waals surface area contributed by atoms with E-state index < -0.39 is 35.8 Å². The molecule has 10 rings (SSSR count). The Hall–Kier alpha value is -6.59. The number of hydrogen-bond acceptors (Lipinski definition) is 12. The van der Waals surface area contributed by atoms with Crippen LogP contribution in [-0.4, -0.2) is 122 Å². The fraction of sp³-hybridized carbons (Fsp3) is 0.383. The van der Waals surface area contributed by atoms with Gasteiger partial charge in [0.1, 0.15) is 29.4 Å². The molecule has 17 nitrogen and oxygen atoms in total. The number of halogens is 2. The normalized spacial score (nSPS) is 19.7. The second kappa shape index (κ2) is 17.3. The number of piperidine rings is 2. The van der Waals surface area contributed by atoms with Gasteiger partial charge in [-0.15, -0.1) is 0 Å². The lowest BCUT2D eigenvalue weighted by Gasteiger charge is -2.61. The first-order valence-electron chi connectivity index (χ1n) is 22.2. The first kappa shape index (κ1) is 43.3. The number of benzene rings is 2. The standard InChI is InChI=1S/C47H46Cl2N10O7/c1-26(41-34(48)20-50-21-35(41)49)66-30-6-8-36-33(18-30)42(55-54-36)28-4-10-38(52-19-28)57-22-47(23-57)24-58(25-47)44(63)27-12-15-56(16-13-27)40(61)3-2-14-51-29-5-7-31-32(17-29)46(65)59(45(31)64)37-9-11-39(60)53-43(37)62/h4-8,10,17-21,26-27,37,51H,2-3,9,11-16,22-25H2,1H3,(H,54,55)(H,53,60,62)/t26-,37?/m1/s1. The van der Waals surface area contributed by atoms with E-state index in [4.69, 9.17) is 32.9 Å². The molecule has 19 heteroatoms. The van der Waals surface area contributed by atoms with Crippen LogP contribution >= 0.6 is 23.2 Å². The first-order chi connectivity index (χ1) is 31.8. The van der Waals surface area contributed by atoms with Crippen LogP contribution in [0.5, 0.6) is 5.75 Å². The molecule has 4 fully saturated rings. The largest absolute Gasteiger partial charge is 0.486 e. The van der Waals surface area contributed by atoms with E-state index >= 15 is 0 Å². The number of imide groups is 2. The van der Waals surface area contributed by atoms with Crippen molar-refractivity contribution in [3.8, 4) is 17.0 Å². The summed E-state index contributed by atoms with van der Waals surface area (Å²) < 4.78 is 6.24. The SMILES string of the molecule is C[C@@H](Oc1ccc2[nH]nc(-c3ccc(N4CC5(CN(C(=O)C6CCN(C(=O)CCCNc7ccc8c(c7)C(=O)N(C7CCC(=O)NC7=O)C8=O)CC6)C5)C4)nc3)c2c1)c1c(Cl)cncc1Cl. The molecule has 340 valence electrons. The Morgan fingerprint density at radius 2 is 1.65 bits per heavy atom. The fourth-order valence-corrected chi connectivity index (χ4v) is 10.6. The van der Waals surface area contributed by atoms with Crippen LogP contribution in [0.2, 0.25) is 10.0 Å². The number of likely N-dealkylation sites (tertiary alicyclic amines) is 2. The van der Waals surface area contributed by atoms with Crippen LogP contribution in [0.15, 0.2) is 67.1 Å². The summed E-state index contributed by atoms with van der Waals surface area (Å²) in [4.78, 5) is 92.5. The van der Waals surface area contributed by atoms with Crippen molar-refractivity contribution >= 4 is 81.1 Å². The first-order valence-corrected chi connectivity index (χ1v) is 22.9. The number of nitrogens with zero attached hydrogens (tertiary/aromatic N) is 7. The molecule has 1 unspecified atom stereocenters. The number of rotatable bonds is 12. The molecule has 3 N–H and O–H groups in total. The van der Waals surface area contributed by atoms with Gasteiger partial charge >= 0.3 is 0 Å². The van der Waals surface area contributed by atoms with Gasteiger partial charge in [0.2, 0.25) is 23.6 Å². The second-order valence-corrected chi connectivity index (χ2v) is 18.7. The average Bonchev–Trinajstić information content (AvgIpc) is 3.81. The van der Waals surface area contributed by atoms with E-state index in [2.05, 4.69) is 30.7 Å². The molecule has 5 aliphatic heterocycles. The van der Waals surface area contributed by atoms with Crippen molar-refractivity contribution in [2.75, 3.05) is 56.0 Å². The molecule has 2 atom stereocenters. The van der Waals surface area contributed by atoms with Gasteiger partial charge in [-0.05, 0) is 81.1 Å². The van der Waals surface area contributed by atoms with E-state index in [1.54, 1.807) is 30.6 Å². The van der Waals surface area contributed by atoms with Crippen molar-refractivity contribution in [1.82, 2.24) is 40.2 Å². The number of nitrogens with one attached hydrogen (secondary N) is 3. The van der Waals surface area contributed by atoms with E-state index in [-0.39, 0.29) is 47.1 Å². The molecule has 66 heavy (non-hydrogen) atoms. The monoisotopic (exact) mass is 932 g/mol. The molecule has 8 heterocycles. The maximum Gasteiger partial charge on any atom is 0.262 e. The summed E-state index contributed by atoms with van der Waals surface area (Å²) in [5.41, 5.74) is 4.25. The highest BCUT2D eigenvalue weighted by Crippen LogP contribution is 2.43. The molecule has 3 aromatic heterocycles. The molecule has 0 bridgehead atoms. The van der Waals surface area contributed by atoms with Crippen LogP contribution in [0.4, 0.5) is 11.5 Å². The van der Waals surface area contributed by atoms with Gasteiger partial charge in [0, 0.05) is 111 Å². The number of ether oxygens (including phenoxy) is 1. The maximum absolute atomic E-state index is 13.5. The van der Waals surface area contributed by atoms with Crippen molar-refractivity contribution in [2.45, 2.75) is 57.6 Å². The summed E-state index contributed by atoms with van der Waals surface area (Å²) in [5, 5.41) is 14.9. The lowest BCUT2D eigenvalue weighted by atomic mass is 9.72. The number of carbonyl (C=O) groups excluding carboxylic acids is 6. The molecule has 0 radical (unpaired) electrons. The van der Waals surface area contributed by atoms with Crippen molar-refractivity contribution in [3.05, 3.63) is 93.9 Å². The van der Waals surface area contributed by atoms with Gasteiger partial charge in [-0.3, -0.25) is 49.1 Å². The van der Waals surface area contributed by atoms with Crippen LogP contribution in [0.3, 0.4) is 0 Å². The van der Waals surface area contributed by atoms with Gasteiger partial charge in [-0.2, -0.15) is 5.10 Å². The van der Waals surface area contributed by atoms with E-state index in [9.17, 15) is 28.8 Å². The molecule has 2 aromatic carbocycles. The van der Waals surface area contributed by atoms with Gasteiger partial charge in [0.25, 0.3) is 11.8 Å². The third kappa shape index (κ3) is 8.08. The number of H-pyrrole nitrogens is 1. The number of aromatic nitrogens is 4. The van der Waals surface area contributed by atoms with Gasteiger partial charge in [0.05, 0.1) is 26.7 Å². The Kier molecular flexibility index (Phi) is 11.4. The van der Waals surface area contributed by atoms with Crippen molar-refractivity contribution in [3.63, 3.8) is 0 Å². The number of pyridine rings is 2. The summed E-state index contributed by atoms with van der Waals surface area (Å²) in [5.74, 6) is -0.567. The molecule has 1 spiro atoms. The highest BCUT2D eigenvalue weighted by atomic mass is 35.5. The lowest BCUT2D eigenvalue weighted by molar-refractivity contribution is -0.152. The predicted octanol–water partition coefficient (Wildman–Crippen LogP) is 5.65. The summed E-state index contributed by atoms with van der Waals surface area (Å²) in [6.45, 7) is 6.54. The number of amides is 6. The molecule has 0 saturated carbocycles. The Labute approximate surface area is 389 Å². The van der Waals surface area contributed by atoms with Crippen molar-refractivity contribution in [1.29, 1.82) is 0 Å². The molecule has 0 aliphatic carbocycles. The summed E-state index contributed by atoms with van der Waals surface area (Å²) in [6, 6.07) is 13.6. The molecule has 4 saturated heterocycles. The van der Waals surface area contributed by atoms with Crippen LogP contribution in [0.1, 0.15) is 77.8 Å². The van der Waals surface area contributed by atoms with E-state index in [0.717, 1.165) is 59.1 Å². The van der Waals surface area contributed by atoms with E-state index in [1.807, 2.05) is 53.3 Å². The maximum atomic E-state index is 13.5.